The molecule has 0 saturated heterocycles. The highest BCUT2D eigenvalue weighted by Gasteiger charge is 2.26. The van der Waals surface area contributed by atoms with Crippen molar-refractivity contribution >= 4 is 17.3 Å². The third-order valence-corrected chi connectivity index (χ3v) is 3.64. The largest absolute Gasteiger partial charge is 0.323 e. The predicted molar refractivity (Wildman–Crippen MR) is 93.6 cm³/mol. The monoisotopic (exact) mass is 341 g/mol. The van der Waals surface area contributed by atoms with E-state index in [-0.39, 0.29) is 17.3 Å². The number of fused-ring (bicyclic) bond motifs is 1. The number of azo groups is 1. The zero-order valence-corrected chi connectivity index (χ0v) is 15.7. The highest BCUT2D eigenvalue weighted by molar-refractivity contribution is 5.67. The van der Waals surface area contributed by atoms with E-state index in [1.807, 2.05) is 0 Å². The summed E-state index contributed by atoms with van der Waals surface area (Å²) in [5, 5.41) is 17.7. The van der Waals surface area contributed by atoms with Crippen molar-refractivity contribution in [2.24, 2.45) is 10.2 Å². The molecule has 0 amide bonds. The van der Waals surface area contributed by atoms with Crippen molar-refractivity contribution in [2.75, 3.05) is 0 Å². The molecule has 132 valence electrons. The van der Waals surface area contributed by atoms with E-state index in [1.54, 1.807) is 18.5 Å². The number of aromatic amines is 1. The molecule has 0 fully saturated rings. The van der Waals surface area contributed by atoms with Gasteiger partial charge in [0.15, 0.2) is 11.3 Å². The van der Waals surface area contributed by atoms with E-state index in [2.05, 4.69) is 75.0 Å². The lowest BCUT2D eigenvalue weighted by Gasteiger charge is -2.15. The molecular weight excluding hydrogens is 318 g/mol. The fraction of sp³-hybridized carbons (Fsp3) is 0.562. The van der Waals surface area contributed by atoms with Gasteiger partial charge in [-0.3, -0.25) is 0 Å². The van der Waals surface area contributed by atoms with E-state index in [1.165, 1.54) is 0 Å². The summed E-state index contributed by atoms with van der Waals surface area (Å²) < 4.78 is 1.59. The summed E-state index contributed by atoms with van der Waals surface area (Å²) in [5.41, 5.74) is 1.99. The molecule has 0 aliphatic heterocycles. The number of hydrogen-bond acceptors (Lipinski definition) is 7. The van der Waals surface area contributed by atoms with Gasteiger partial charge in [-0.25, -0.2) is 4.98 Å². The second-order valence-corrected chi connectivity index (χ2v) is 7.38. The zero-order chi connectivity index (χ0) is 18.4. The van der Waals surface area contributed by atoms with Gasteiger partial charge in [0, 0.05) is 11.3 Å². The minimum Gasteiger partial charge on any atom is -0.323 e. The molecular formula is C16H23N9. The lowest BCUT2D eigenvalue weighted by atomic mass is 9.91. The van der Waals surface area contributed by atoms with Crippen LogP contribution in [0.4, 0.5) is 11.6 Å². The Morgan fingerprint density at radius 1 is 0.960 bits per heavy atom. The fourth-order valence-electron chi connectivity index (χ4n) is 2.43. The van der Waals surface area contributed by atoms with E-state index in [0.717, 1.165) is 17.2 Å². The van der Waals surface area contributed by atoms with Crippen molar-refractivity contribution in [1.29, 1.82) is 0 Å². The molecule has 0 unspecified atom stereocenters. The van der Waals surface area contributed by atoms with Crippen LogP contribution in [-0.2, 0) is 5.41 Å². The molecule has 9 nitrogen and oxygen atoms in total. The molecule has 0 aromatic carbocycles. The lowest BCUT2D eigenvalue weighted by molar-refractivity contribution is 0.555. The molecule has 0 bridgehead atoms. The van der Waals surface area contributed by atoms with E-state index in [0.29, 0.717) is 17.3 Å². The van der Waals surface area contributed by atoms with E-state index in [4.69, 9.17) is 0 Å². The van der Waals surface area contributed by atoms with Crippen LogP contribution in [0.1, 0.15) is 63.7 Å². The van der Waals surface area contributed by atoms with Gasteiger partial charge in [-0.05, 0) is 13.8 Å². The summed E-state index contributed by atoms with van der Waals surface area (Å²) in [6.45, 7) is 14.0. The van der Waals surface area contributed by atoms with Crippen LogP contribution < -0.4 is 0 Å². The third kappa shape index (κ3) is 3.40. The van der Waals surface area contributed by atoms with Gasteiger partial charge in [-0.1, -0.05) is 34.6 Å². The number of aromatic nitrogens is 7. The molecule has 0 spiro atoms. The molecule has 0 aliphatic rings. The van der Waals surface area contributed by atoms with E-state index in [9.17, 15) is 0 Å². The average Bonchev–Trinajstić information content (AvgIpc) is 3.01. The van der Waals surface area contributed by atoms with Crippen LogP contribution in [0.5, 0.6) is 0 Å². The molecule has 0 aliphatic carbocycles. The Morgan fingerprint density at radius 3 is 2.16 bits per heavy atom. The molecule has 3 heterocycles. The first-order chi connectivity index (χ1) is 11.6. The number of H-pyrrole nitrogens is 1. The topological polar surface area (TPSA) is 109 Å². The normalized spacial score (nSPS) is 12.8. The zero-order valence-electron chi connectivity index (χ0n) is 15.7. The highest BCUT2D eigenvalue weighted by Crippen LogP contribution is 2.34. The van der Waals surface area contributed by atoms with Gasteiger partial charge >= 0.3 is 0 Å². The van der Waals surface area contributed by atoms with Gasteiger partial charge in [-0.15, -0.1) is 20.0 Å². The van der Waals surface area contributed by atoms with Crippen molar-refractivity contribution in [3.8, 4) is 0 Å². The van der Waals surface area contributed by atoms with Gasteiger partial charge in [0.1, 0.15) is 17.5 Å². The smallest absolute Gasteiger partial charge is 0.272 e. The van der Waals surface area contributed by atoms with Gasteiger partial charge in [-0.2, -0.15) is 15.1 Å². The van der Waals surface area contributed by atoms with E-state index >= 15 is 0 Å². The van der Waals surface area contributed by atoms with Crippen LogP contribution in [0.15, 0.2) is 10.2 Å². The number of rotatable bonds is 3. The molecule has 3 rings (SSSR count). The van der Waals surface area contributed by atoms with Crippen LogP contribution in [0.3, 0.4) is 0 Å². The second-order valence-electron chi connectivity index (χ2n) is 7.38. The number of nitrogens with one attached hydrogen (secondary N) is 1. The van der Waals surface area contributed by atoms with Crippen molar-refractivity contribution in [3.63, 3.8) is 0 Å². The number of nitrogens with zero attached hydrogens (tertiary/aromatic N) is 8. The van der Waals surface area contributed by atoms with Crippen LogP contribution in [-0.4, -0.2) is 34.8 Å². The van der Waals surface area contributed by atoms with Crippen LogP contribution >= 0.6 is 0 Å². The minimum atomic E-state index is -0.203. The predicted octanol–water partition coefficient (Wildman–Crippen LogP) is 3.70. The van der Waals surface area contributed by atoms with Crippen LogP contribution in [0.2, 0.25) is 0 Å². The summed E-state index contributed by atoms with van der Waals surface area (Å²) in [6, 6.07) is 0. The Kier molecular flexibility index (Phi) is 4.09. The summed E-state index contributed by atoms with van der Waals surface area (Å²) in [6.07, 6.45) is 0. The third-order valence-electron chi connectivity index (χ3n) is 3.64. The maximum atomic E-state index is 4.60. The lowest BCUT2D eigenvalue weighted by Crippen LogP contribution is -2.12. The molecule has 0 saturated carbocycles. The minimum absolute atomic E-state index is 0.203. The summed E-state index contributed by atoms with van der Waals surface area (Å²) in [4.78, 5) is 15.9. The molecule has 0 atom stereocenters. The highest BCUT2D eigenvalue weighted by atomic mass is 15.5. The quantitative estimate of drug-likeness (QED) is 0.730. The Labute approximate surface area is 146 Å². The standard InChI is InChI=1S/C16H23N9/c1-8(2)13-20-14-11(12(16(5,6)7)23-25(14)24-13)21-22-15-18-9(3)17-10(4)19-15/h8H,1-7H3,(H,20,24). The molecule has 25 heavy (non-hydrogen) atoms. The van der Waals surface area contributed by atoms with Crippen LogP contribution in [0.25, 0.3) is 5.65 Å². The van der Waals surface area contributed by atoms with Crippen molar-refractivity contribution in [2.45, 2.75) is 59.8 Å². The van der Waals surface area contributed by atoms with Crippen molar-refractivity contribution in [1.82, 2.24) is 34.8 Å². The summed E-state index contributed by atoms with van der Waals surface area (Å²) >= 11 is 0. The number of aryl methyl sites for hydroxylation is 2. The maximum absolute atomic E-state index is 4.60. The Hall–Kier alpha value is -2.71. The first-order valence-corrected chi connectivity index (χ1v) is 8.25. The van der Waals surface area contributed by atoms with Gasteiger partial charge < -0.3 is 4.98 Å². The molecule has 3 aromatic heterocycles. The maximum Gasteiger partial charge on any atom is 0.272 e. The molecule has 1 N–H and O–H groups in total. The SMILES string of the molecule is Cc1nc(C)nc(N=Nc2c(C(C)(C)C)nn3nc(C(C)C)[nH]c23)n1. The Morgan fingerprint density at radius 2 is 1.60 bits per heavy atom. The van der Waals surface area contributed by atoms with Crippen molar-refractivity contribution < 1.29 is 0 Å². The fourth-order valence-corrected chi connectivity index (χ4v) is 2.43. The van der Waals surface area contributed by atoms with Gasteiger partial charge in [0.05, 0.1) is 5.69 Å². The molecule has 3 aromatic rings. The summed E-state index contributed by atoms with van der Waals surface area (Å²) in [5.74, 6) is 2.63. The van der Waals surface area contributed by atoms with Gasteiger partial charge in [0.25, 0.3) is 5.95 Å². The van der Waals surface area contributed by atoms with Crippen molar-refractivity contribution in [3.05, 3.63) is 23.2 Å². The van der Waals surface area contributed by atoms with E-state index < -0.39 is 0 Å². The Bertz CT molecular complexity index is 920. The van der Waals surface area contributed by atoms with Gasteiger partial charge in [0.2, 0.25) is 0 Å². The van der Waals surface area contributed by atoms with Crippen LogP contribution in [0, 0.1) is 13.8 Å². The average molecular weight is 341 g/mol. The Balaban J connectivity index is 2.13. The first kappa shape index (κ1) is 17.1. The second kappa shape index (κ2) is 5.98. The molecule has 9 heteroatoms. The molecule has 0 radical (unpaired) electrons. The number of hydrogen-bond donors (Lipinski definition) is 1. The first-order valence-electron chi connectivity index (χ1n) is 8.25. The summed E-state index contributed by atoms with van der Waals surface area (Å²) in [7, 11) is 0.